The molecule has 1 unspecified atom stereocenters. The Kier molecular flexibility index (Phi) is 3.96. The summed E-state index contributed by atoms with van der Waals surface area (Å²) in [6.45, 7) is 2.62. The molecule has 2 amide bonds. The molecule has 1 aliphatic heterocycles. The molecule has 7 nitrogen and oxygen atoms in total. The SMILES string of the molecule is O=C(O)C(NC(=O)N1CCN(c2nccs2)CC1)C1CC1. The molecule has 2 heterocycles. The van der Waals surface area contributed by atoms with Crippen LogP contribution in [-0.2, 0) is 4.79 Å². The van der Waals surface area contributed by atoms with Gasteiger partial charge in [0.15, 0.2) is 5.13 Å². The van der Waals surface area contributed by atoms with Crippen LogP contribution in [0, 0.1) is 5.92 Å². The van der Waals surface area contributed by atoms with Crippen LogP contribution in [0.25, 0.3) is 0 Å². The largest absolute Gasteiger partial charge is 0.480 e. The van der Waals surface area contributed by atoms with Crippen molar-refractivity contribution in [3.8, 4) is 0 Å². The molecule has 0 radical (unpaired) electrons. The molecular formula is C13H18N4O3S. The number of carbonyl (C=O) groups is 2. The summed E-state index contributed by atoms with van der Waals surface area (Å²) < 4.78 is 0. The molecule has 2 fully saturated rings. The lowest BCUT2D eigenvalue weighted by Crippen LogP contribution is -2.55. The number of carboxylic acids is 1. The van der Waals surface area contributed by atoms with E-state index in [1.54, 1.807) is 22.4 Å². The van der Waals surface area contributed by atoms with E-state index in [4.69, 9.17) is 5.11 Å². The first-order valence-electron chi connectivity index (χ1n) is 7.08. The summed E-state index contributed by atoms with van der Waals surface area (Å²) in [6, 6.07) is -1.01. The summed E-state index contributed by atoms with van der Waals surface area (Å²) in [7, 11) is 0. The number of nitrogens with zero attached hydrogens (tertiary/aromatic N) is 3. The van der Waals surface area contributed by atoms with E-state index < -0.39 is 12.0 Å². The number of aromatic nitrogens is 1. The van der Waals surface area contributed by atoms with Gasteiger partial charge in [0, 0.05) is 37.8 Å². The highest BCUT2D eigenvalue weighted by Crippen LogP contribution is 2.32. The van der Waals surface area contributed by atoms with E-state index in [0.717, 1.165) is 31.1 Å². The third kappa shape index (κ3) is 3.26. The van der Waals surface area contributed by atoms with E-state index in [1.807, 2.05) is 5.38 Å². The maximum atomic E-state index is 12.2. The summed E-state index contributed by atoms with van der Waals surface area (Å²) in [5, 5.41) is 14.7. The van der Waals surface area contributed by atoms with Crippen molar-refractivity contribution in [2.45, 2.75) is 18.9 Å². The molecule has 21 heavy (non-hydrogen) atoms. The second kappa shape index (κ2) is 5.88. The Bertz CT molecular complexity index is 509. The van der Waals surface area contributed by atoms with Crippen molar-refractivity contribution in [3.05, 3.63) is 11.6 Å². The molecule has 1 atom stereocenters. The number of rotatable bonds is 4. The van der Waals surface area contributed by atoms with Crippen LogP contribution in [0.5, 0.6) is 0 Å². The third-order valence-electron chi connectivity index (χ3n) is 3.90. The van der Waals surface area contributed by atoms with Crippen molar-refractivity contribution in [2.75, 3.05) is 31.1 Å². The van der Waals surface area contributed by atoms with E-state index in [2.05, 4.69) is 15.2 Å². The highest BCUT2D eigenvalue weighted by atomic mass is 32.1. The smallest absolute Gasteiger partial charge is 0.326 e. The molecule has 0 aromatic carbocycles. The molecular weight excluding hydrogens is 292 g/mol. The Balaban J connectivity index is 1.51. The molecule has 2 aliphatic rings. The molecule has 1 aromatic heterocycles. The van der Waals surface area contributed by atoms with Gasteiger partial charge in [-0.25, -0.2) is 14.6 Å². The average Bonchev–Trinajstić information content (AvgIpc) is 3.17. The molecule has 3 rings (SSSR count). The van der Waals surface area contributed by atoms with E-state index >= 15 is 0 Å². The van der Waals surface area contributed by atoms with Gasteiger partial charge in [0.2, 0.25) is 0 Å². The van der Waals surface area contributed by atoms with Crippen LogP contribution in [0.4, 0.5) is 9.93 Å². The van der Waals surface area contributed by atoms with Crippen LogP contribution < -0.4 is 10.2 Å². The zero-order chi connectivity index (χ0) is 14.8. The first kappa shape index (κ1) is 14.1. The predicted molar refractivity (Wildman–Crippen MR) is 78.6 cm³/mol. The van der Waals surface area contributed by atoms with Gasteiger partial charge in [-0.15, -0.1) is 11.3 Å². The number of aliphatic carboxylic acids is 1. The lowest BCUT2D eigenvalue weighted by molar-refractivity contribution is -0.139. The highest BCUT2D eigenvalue weighted by molar-refractivity contribution is 7.13. The summed E-state index contributed by atoms with van der Waals surface area (Å²) >= 11 is 1.58. The zero-order valence-corrected chi connectivity index (χ0v) is 12.4. The van der Waals surface area contributed by atoms with Crippen LogP contribution in [-0.4, -0.2) is 59.2 Å². The van der Waals surface area contributed by atoms with Crippen LogP contribution in [0.2, 0.25) is 0 Å². The second-order valence-corrected chi connectivity index (χ2v) is 6.26. The van der Waals surface area contributed by atoms with Crippen LogP contribution in [0.3, 0.4) is 0 Å². The monoisotopic (exact) mass is 310 g/mol. The van der Waals surface area contributed by atoms with Crippen LogP contribution in [0.1, 0.15) is 12.8 Å². The van der Waals surface area contributed by atoms with Gasteiger partial charge < -0.3 is 20.2 Å². The maximum absolute atomic E-state index is 12.2. The van der Waals surface area contributed by atoms with Crippen molar-refractivity contribution >= 4 is 28.5 Å². The number of urea groups is 1. The number of anilines is 1. The minimum atomic E-state index is -0.938. The van der Waals surface area contributed by atoms with Gasteiger partial charge in [-0.1, -0.05) is 0 Å². The Labute approximate surface area is 126 Å². The van der Waals surface area contributed by atoms with Crippen molar-refractivity contribution in [3.63, 3.8) is 0 Å². The Morgan fingerprint density at radius 1 is 1.33 bits per heavy atom. The Morgan fingerprint density at radius 3 is 2.57 bits per heavy atom. The molecule has 1 aliphatic carbocycles. The lowest BCUT2D eigenvalue weighted by Gasteiger charge is -2.35. The molecule has 0 bridgehead atoms. The molecule has 1 saturated heterocycles. The summed E-state index contributed by atoms with van der Waals surface area (Å²) in [4.78, 5) is 31.4. The molecule has 8 heteroatoms. The Morgan fingerprint density at radius 2 is 2.05 bits per heavy atom. The minimum Gasteiger partial charge on any atom is -0.480 e. The van der Waals surface area contributed by atoms with Crippen molar-refractivity contribution in [1.29, 1.82) is 0 Å². The van der Waals surface area contributed by atoms with Gasteiger partial charge in [0.1, 0.15) is 6.04 Å². The molecule has 1 saturated carbocycles. The van der Waals surface area contributed by atoms with Gasteiger partial charge in [-0.3, -0.25) is 0 Å². The van der Waals surface area contributed by atoms with Gasteiger partial charge >= 0.3 is 12.0 Å². The number of carboxylic acid groups (broad SMARTS) is 1. The fourth-order valence-electron chi connectivity index (χ4n) is 2.51. The number of nitrogens with one attached hydrogen (secondary N) is 1. The quantitative estimate of drug-likeness (QED) is 0.860. The minimum absolute atomic E-state index is 0.100. The van der Waals surface area contributed by atoms with E-state index in [0.29, 0.717) is 13.1 Å². The lowest BCUT2D eigenvalue weighted by atomic mass is 10.2. The van der Waals surface area contributed by atoms with E-state index in [1.165, 1.54) is 0 Å². The molecule has 0 spiro atoms. The summed E-state index contributed by atoms with van der Waals surface area (Å²) in [5.41, 5.74) is 0. The Hall–Kier alpha value is -1.83. The van der Waals surface area contributed by atoms with Gasteiger partial charge in [0.05, 0.1) is 0 Å². The average molecular weight is 310 g/mol. The van der Waals surface area contributed by atoms with Crippen molar-refractivity contribution in [2.24, 2.45) is 5.92 Å². The number of thiazole rings is 1. The standard InChI is InChI=1S/C13H18N4O3S/c18-11(19)10(9-1-2-9)15-12(20)16-4-6-17(7-5-16)13-14-3-8-21-13/h3,8-10H,1-2,4-7H2,(H,15,20)(H,18,19). The second-order valence-electron chi connectivity index (χ2n) is 5.39. The topological polar surface area (TPSA) is 85.8 Å². The maximum Gasteiger partial charge on any atom is 0.326 e. The third-order valence-corrected chi connectivity index (χ3v) is 4.73. The number of carbonyl (C=O) groups excluding carboxylic acids is 1. The van der Waals surface area contributed by atoms with Crippen molar-refractivity contribution < 1.29 is 14.7 Å². The normalized spacial score (nSPS) is 20.2. The number of hydrogen-bond acceptors (Lipinski definition) is 5. The first-order valence-corrected chi connectivity index (χ1v) is 7.96. The van der Waals surface area contributed by atoms with Gasteiger partial charge in [0.25, 0.3) is 0 Å². The predicted octanol–water partition coefficient (Wildman–Crippen LogP) is 0.838. The van der Waals surface area contributed by atoms with E-state index in [9.17, 15) is 9.59 Å². The first-order chi connectivity index (χ1) is 10.1. The summed E-state index contributed by atoms with van der Waals surface area (Å²) in [6.07, 6.45) is 3.54. The van der Waals surface area contributed by atoms with E-state index in [-0.39, 0.29) is 11.9 Å². The van der Waals surface area contributed by atoms with Crippen molar-refractivity contribution in [1.82, 2.24) is 15.2 Å². The molecule has 1 aromatic rings. The fraction of sp³-hybridized carbons (Fsp3) is 0.615. The summed E-state index contributed by atoms with van der Waals surface area (Å²) in [5.74, 6) is -0.838. The molecule has 2 N–H and O–H groups in total. The number of hydrogen-bond donors (Lipinski definition) is 2. The highest BCUT2D eigenvalue weighted by Gasteiger charge is 2.38. The van der Waals surface area contributed by atoms with Gasteiger partial charge in [-0.05, 0) is 18.8 Å². The van der Waals surface area contributed by atoms with Crippen LogP contribution >= 0.6 is 11.3 Å². The fourth-order valence-corrected chi connectivity index (χ4v) is 3.20. The number of piperazine rings is 1. The zero-order valence-electron chi connectivity index (χ0n) is 11.6. The van der Waals surface area contributed by atoms with Crippen LogP contribution in [0.15, 0.2) is 11.6 Å². The number of amides is 2. The molecule has 114 valence electrons. The van der Waals surface area contributed by atoms with Gasteiger partial charge in [-0.2, -0.15) is 0 Å².